The topological polar surface area (TPSA) is 39.1 Å². The summed E-state index contributed by atoms with van der Waals surface area (Å²) in [4.78, 5) is 0. The third kappa shape index (κ3) is 3.97. The highest BCUT2D eigenvalue weighted by Gasteiger charge is 2.15. The van der Waals surface area contributed by atoms with Crippen molar-refractivity contribution >= 4 is 11.6 Å². The van der Waals surface area contributed by atoms with Crippen LogP contribution in [0.25, 0.3) is 0 Å². The van der Waals surface area contributed by atoms with Crippen molar-refractivity contribution in [3.63, 3.8) is 0 Å². The molecule has 1 aromatic rings. The minimum atomic E-state index is 0.371. The molecule has 0 aliphatic heterocycles. The molecular formula is C13H24ClN3O. The monoisotopic (exact) mass is 273 g/mol. The fraction of sp³-hybridized carbons (Fsp3) is 0.769. The third-order valence-electron chi connectivity index (χ3n) is 3.09. The van der Waals surface area contributed by atoms with Gasteiger partial charge in [-0.05, 0) is 25.8 Å². The maximum absolute atomic E-state index is 6.33. The number of aromatic nitrogens is 2. The van der Waals surface area contributed by atoms with Crippen LogP contribution in [-0.4, -0.2) is 36.1 Å². The number of ether oxygens (including phenoxy) is 1. The van der Waals surface area contributed by atoms with Crippen LogP contribution in [-0.2, 0) is 24.6 Å². The fourth-order valence-corrected chi connectivity index (χ4v) is 2.52. The molecule has 0 amide bonds. The molecule has 0 aromatic carbocycles. The van der Waals surface area contributed by atoms with Gasteiger partial charge in [-0.1, -0.05) is 25.4 Å². The molecule has 1 N–H and O–H groups in total. The summed E-state index contributed by atoms with van der Waals surface area (Å²) in [6, 6.07) is 0.371. The Morgan fingerprint density at radius 2 is 2.17 bits per heavy atom. The van der Waals surface area contributed by atoms with E-state index in [1.807, 2.05) is 11.7 Å². The average Bonchev–Trinajstić information content (AvgIpc) is 2.62. The van der Waals surface area contributed by atoms with Gasteiger partial charge < -0.3 is 10.1 Å². The van der Waals surface area contributed by atoms with Crippen molar-refractivity contribution in [2.75, 3.05) is 20.3 Å². The van der Waals surface area contributed by atoms with E-state index in [2.05, 4.69) is 24.3 Å². The van der Waals surface area contributed by atoms with E-state index in [0.717, 1.165) is 48.8 Å². The molecule has 1 aromatic heterocycles. The Balaban J connectivity index is 2.63. The first-order valence-electron chi connectivity index (χ1n) is 6.56. The van der Waals surface area contributed by atoms with Gasteiger partial charge in [0.25, 0.3) is 0 Å². The zero-order valence-corrected chi connectivity index (χ0v) is 12.5. The van der Waals surface area contributed by atoms with Crippen LogP contribution in [0.15, 0.2) is 0 Å². The molecule has 0 saturated carbocycles. The molecule has 0 spiro atoms. The number of halogens is 1. The molecule has 1 unspecified atom stereocenters. The summed E-state index contributed by atoms with van der Waals surface area (Å²) in [7, 11) is 3.69. The molecule has 0 aliphatic carbocycles. The molecule has 0 saturated heterocycles. The number of nitrogens with one attached hydrogen (secondary N) is 1. The number of hydrogen-bond acceptors (Lipinski definition) is 3. The summed E-state index contributed by atoms with van der Waals surface area (Å²) in [5, 5.41) is 8.67. The van der Waals surface area contributed by atoms with Crippen molar-refractivity contribution in [2.24, 2.45) is 7.05 Å². The summed E-state index contributed by atoms with van der Waals surface area (Å²) in [5.41, 5.74) is 2.11. The Morgan fingerprint density at radius 1 is 1.44 bits per heavy atom. The van der Waals surface area contributed by atoms with Crippen molar-refractivity contribution in [1.82, 2.24) is 15.1 Å². The van der Waals surface area contributed by atoms with E-state index in [4.69, 9.17) is 16.3 Å². The number of rotatable bonds is 8. The van der Waals surface area contributed by atoms with Crippen molar-refractivity contribution in [2.45, 2.75) is 39.2 Å². The summed E-state index contributed by atoms with van der Waals surface area (Å²) >= 11 is 6.33. The minimum Gasteiger partial charge on any atom is -0.383 e. The van der Waals surface area contributed by atoms with E-state index in [-0.39, 0.29) is 0 Å². The van der Waals surface area contributed by atoms with E-state index in [1.54, 1.807) is 7.11 Å². The van der Waals surface area contributed by atoms with E-state index in [9.17, 15) is 0 Å². The number of methoxy groups -OCH3 is 1. The molecule has 0 bridgehead atoms. The van der Waals surface area contributed by atoms with Crippen LogP contribution in [0.2, 0.25) is 5.02 Å². The van der Waals surface area contributed by atoms with Crippen molar-refractivity contribution in [1.29, 1.82) is 0 Å². The standard InChI is InChI=1S/C13H24ClN3O/c1-5-11-13(14)12(17(3)16-11)8-7-10(9-18-4)15-6-2/h10,15H,5-9H2,1-4H3. The predicted octanol–water partition coefficient (Wildman–Crippen LogP) is 2.19. The number of aryl methyl sites for hydroxylation is 2. The van der Waals surface area contributed by atoms with Crippen LogP contribution in [0.5, 0.6) is 0 Å². The van der Waals surface area contributed by atoms with Gasteiger partial charge in [0, 0.05) is 20.2 Å². The van der Waals surface area contributed by atoms with Crippen molar-refractivity contribution in [3.05, 3.63) is 16.4 Å². The van der Waals surface area contributed by atoms with Crippen LogP contribution < -0.4 is 5.32 Å². The second kappa shape index (κ2) is 7.77. The van der Waals surface area contributed by atoms with Gasteiger partial charge in [-0.2, -0.15) is 5.10 Å². The van der Waals surface area contributed by atoms with Crippen LogP contribution in [0, 0.1) is 0 Å². The lowest BCUT2D eigenvalue weighted by Crippen LogP contribution is -2.33. The molecule has 1 atom stereocenters. The maximum Gasteiger partial charge on any atom is 0.0849 e. The SMILES string of the molecule is CCNC(CCc1c(Cl)c(CC)nn1C)COC. The Kier molecular flexibility index (Phi) is 6.68. The van der Waals surface area contributed by atoms with Crippen molar-refractivity contribution in [3.8, 4) is 0 Å². The molecule has 1 rings (SSSR count). The number of hydrogen-bond donors (Lipinski definition) is 1. The fourth-order valence-electron chi connectivity index (χ4n) is 2.14. The predicted molar refractivity (Wildman–Crippen MR) is 75.3 cm³/mol. The van der Waals surface area contributed by atoms with Gasteiger partial charge >= 0.3 is 0 Å². The van der Waals surface area contributed by atoms with Crippen LogP contribution >= 0.6 is 11.6 Å². The van der Waals surface area contributed by atoms with E-state index >= 15 is 0 Å². The highest BCUT2D eigenvalue weighted by atomic mass is 35.5. The highest BCUT2D eigenvalue weighted by molar-refractivity contribution is 6.31. The van der Waals surface area contributed by atoms with Crippen LogP contribution in [0.3, 0.4) is 0 Å². The van der Waals surface area contributed by atoms with Crippen LogP contribution in [0.1, 0.15) is 31.7 Å². The highest BCUT2D eigenvalue weighted by Crippen LogP contribution is 2.22. The second-order valence-corrected chi connectivity index (χ2v) is 4.81. The molecule has 18 heavy (non-hydrogen) atoms. The summed E-state index contributed by atoms with van der Waals surface area (Å²) in [6.45, 7) is 5.86. The molecule has 4 nitrogen and oxygen atoms in total. The second-order valence-electron chi connectivity index (χ2n) is 4.43. The normalized spacial score (nSPS) is 12.9. The first-order valence-corrected chi connectivity index (χ1v) is 6.94. The van der Waals surface area contributed by atoms with E-state index in [1.165, 1.54) is 0 Å². The van der Waals surface area contributed by atoms with E-state index in [0.29, 0.717) is 6.04 Å². The Morgan fingerprint density at radius 3 is 2.67 bits per heavy atom. The summed E-state index contributed by atoms with van der Waals surface area (Å²) in [6.07, 6.45) is 2.80. The number of likely N-dealkylation sites (N-methyl/N-ethyl adjacent to an activating group) is 1. The smallest absolute Gasteiger partial charge is 0.0849 e. The Labute approximate surface area is 115 Å². The molecule has 5 heteroatoms. The molecule has 0 fully saturated rings. The lowest BCUT2D eigenvalue weighted by atomic mass is 10.1. The van der Waals surface area contributed by atoms with Gasteiger partial charge in [-0.15, -0.1) is 0 Å². The molecular weight excluding hydrogens is 250 g/mol. The Hall–Kier alpha value is -0.580. The zero-order chi connectivity index (χ0) is 13.5. The lowest BCUT2D eigenvalue weighted by molar-refractivity contribution is 0.163. The van der Waals surface area contributed by atoms with Gasteiger partial charge in [0.05, 0.1) is 23.0 Å². The molecule has 1 heterocycles. The van der Waals surface area contributed by atoms with Gasteiger partial charge in [-0.3, -0.25) is 4.68 Å². The van der Waals surface area contributed by atoms with Crippen molar-refractivity contribution < 1.29 is 4.74 Å². The first kappa shape index (κ1) is 15.5. The lowest BCUT2D eigenvalue weighted by Gasteiger charge is -2.16. The molecule has 0 aliphatic rings. The van der Waals surface area contributed by atoms with Gasteiger partial charge in [0.2, 0.25) is 0 Å². The summed E-state index contributed by atoms with van der Waals surface area (Å²) < 4.78 is 7.11. The minimum absolute atomic E-state index is 0.371. The molecule has 0 radical (unpaired) electrons. The average molecular weight is 274 g/mol. The number of nitrogens with zero attached hydrogens (tertiary/aromatic N) is 2. The largest absolute Gasteiger partial charge is 0.383 e. The third-order valence-corrected chi connectivity index (χ3v) is 3.53. The summed E-state index contributed by atoms with van der Waals surface area (Å²) in [5.74, 6) is 0. The first-order chi connectivity index (χ1) is 8.63. The Bertz CT molecular complexity index is 359. The van der Waals surface area contributed by atoms with Gasteiger partial charge in [-0.25, -0.2) is 0 Å². The molecule has 104 valence electrons. The van der Waals surface area contributed by atoms with Gasteiger partial charge in [0.15, 0.2) is 0 Å². The maximum atomic E-state index is 6.33. The quantitative estimate of drug-likeness (QED) is 0.789. The van der Waals surface area contributed by atoms with Gasteiger partial charge in [0.1, 0.15) is 0 Å². The van der Waals surface area contributed by atoms with E-state index < -0.39 is 0 Å². The zero-order valence-electron chi connectivity index (χ0n) is 11.8. The van der Waals surface area contributed by atoms with Crippen LogP contribution in [0.4, 0.5) is 0 Å².